The van der Waals surface area contributed by atoms with Gasteiger partial charge in [-0.15, -0.1) is 0 Å². The highest BCUT2D eigenvalue weighted by Gasteiger charge is 2.07. The summed E-state index contributed by atoms with van der Waals surface area (Å²) in [5.74, 6) is -0.0391. The third-order valence-electron chi connectivity index (χ3n) is 3.27. The van der Waals surface area contributed by atoms with Gasteiger partial charge in [0.1, 0.15) is 0 Å². The molecule has 2 aromatic rings. The number of rotatable bonds is 5. The van der Waals surface area contributed by atoms with Crippen molar-refractivity contribution in [2.45, 2.75) is 19.9 Å². The number of nitrogens with one attached hydrogen (secondary N) is 2. The molecule has 110 valence electrons. The molecule has 0 saturated carbocycles. The molecule has 1 amide bonds. The minimum atomic E-state index is -0.0391. The van der Waals surface area contributed by atoms with Crippen LogP contribution in [0.3, 0.4) is 0 Å². The number of anilines is 1. The molecule has 0 aliphatic carbocycles. The van der Waals surface area contributed by atoms with Gasteiger partial charge in [-0.1, -0.05) is 45.8 Å². The summed E-state index contributed by atoms with van der Waals surface area (Å²) >= 11 is 3.41. The first-order valence-electron chi connectivity index (χ1n) is 6.90. The van der Waals surface area contributed by atoms with Gasteiger partial charge in [0.05, 0.1) is 6.54 Å². The molecule has 0 saturated heterocycles. The molecule has 1 unspecified atom stereocenters. The van der Waals surface area contributed by atoms with Crippen molar-refractivity contribution in [1.82, 2.24) is 5.32 Å². The monoisotopic (exact) mass is 346 g/mol. The largest absolute Gasteiger partial charge is 0.325 e. The van der Waals surface area contributed by atoms with Gasteiger partial charge < -0.3 is 10.6 Å². The Bertz CT molecular complexity index is 593. The van der Waals surface area contributed by atoms with Gasteiger partial charge in [-0.05, 0) is 43.7 Å². The molecule has 0 aromatic heterocycles. The molecule has 2 aromatic carbocycles. The van der Waals surface area contributed by atoms with Crippen LogP contribution in [0.1, 0.15) is 24.1 Å². The lowest BCUT2D eigenvalue weighted by molar-refractivity contribution is -0.115. The predicted octanol–water partition coefficient (Wildman–Crippen LogP) is 4.05. The van der Waals surface area contributed by atoms with Crippen LogP contribution < -0.4 is 10.6 Å². The van der Waals surface area contributed by atoms with Crippen LogP contribution in [0.5, 0.6) is 0 Å². The van der Waals surface area contributed by atoms with Gasteiger partial charge in [-0.25, -0.2) is 0 Å². The van der Waals surface area contributed by atoms with E-state index in [4.69, 9.17) is 0 Å². The average molecular weight is 347 g/mol. The molecule has 0 fully saturated rings. The number of hydrogen-bond acceptors (Lipinski definition) is 2. The van der Waals surface area contributed by atoms with Gasteiger partial charge in [0.15, 0.2) is 0 Å². The van der Waals surface area contributed by atoms with Crippen molar-refractivity contribution >= 4 is 27.5 Å². The number of carbonyl (C=O) groups excluding carboxylic acids is 1. The van der Waals surface area contributed by atoms with E-state index in [0.717, 1.165) is 15.7 Å². The van der Waals surface area contributed by atoms with E-state index in [1.807, 2.05) is 62.4 Å². The molecule has 1 atom stereocenters. The lowest BCUT2D eigenvalue weighted by Gasteiger charge is -2.14. The fraction of sp³-hybridized carbons (Fsp3) is 0.235. The van der Waals surface area contributed by atoms with Crippen LogP contribution >= 0.6 is 15.9 Å². The van der Waals surface area contributed by atoms with Gasteiger partial charge in [-0.2, -0.15) is 0 Å². The molecular weight excluding hydrogens is 328 g/mol. The van der Waals surface area contributed by atoms with Crippen molar-refractivity contribution in [1.29, 1.82) is 0 Å². The molecule has 0 radical (unpaired) electrons. The molecule has 0 heterocycles. The molecule has 0 aliphatic heterocycles. The minimum Gasteiger partial charge on any atom is -0.325 e. The van der Waals surface area contributed by atoms with Crippen LogP contribution in [0.4, 0.5) is 5.69 Å². The highest BCUT2D eigenvalue weighted by Crippen LogP contribution is 2.16. The maximum Gasteiger partial charge on any atom is 0.238 e. The van der Waals surface area contributed by atoms with E-state index in [0.29, 0.717) is 0 Å². The van der Waals surface area contributed by atoms with Gasteiger partial charge in [0, 0.05) is 16.2 Å². The van der Waals surface area contributed by atoms with Gasteiger partial charge in [0.25, 0.3) is 0 Å². The molecule has 2 rings (SSSR count). The second-order valence-corrected chi connectivity index (χ2v) is 5.98. The van der Waals surface area contributed by atoms with Crippen LogP contribution in [-0.4, -0.2) is 12.5 Å². The summed E-state index contributed by atoms with van der Waals surface area (Å²) in [4.78, 5) is 11.9. The Morgan fingerprint density at radius 2 is 1.71 bits per heavy atom. The van der Waals surface area contributed by atoms with Crippen molar-refractivity contribution in [2.24, 2.45) is 0 Å². The third-order valence-corrected chi connectivity index (χ3v) is 3.80. The molecule has 2 N–H and O–H groups in total. The maximum atomic E-state index is 11.9. The van der Waals surface area contributed by atoms with Crippen LogP contribution in [0, 0.1) is 6.92 Å². The predicted molar refractivity (Wildman–Crippen MR) is 90.4 cm³/mol. The van der Waals surface area contributed by atoms with E-state index in [1.54, 1.807) is 0 Å². The number of amides is 1. The topological polar surface area (TPSA) is 41.1 Å². The summed E-state index contributed by atoms with van der Waals surface area (Å²) in [5, 5.41) is 6.10. The first kappa shape index (κ1) is 15.7. The number of halogens is 1. The van der Waals surface area contributed by atoms with Crippen molar-refractivity contribution in [3.05, 3.63) is 64.1 Å². The molecule has 0 spiro atoms. The van der Waals surface area contributed by atoms with E-state index in [2.05, 4.69) is 26.6 Å². The minimum absolute atomic E-state index is 0.0391. The summed E-state index contributed by atoms with van der Waals surface area (Å²) in [6, 6.07) is 16.0. The number of carbonyl (C=O) groups is 1. The van der Waals surface area contributed by atoms with Gasteiger partial charge >= 0.3 is 0 Å². The van der Waals surface area contributed by atoms with E-state index < -0.39 is 0 Å². The second kappa shape index (κ2) is 7.38. The molecule has 3 nitrogen and oxygen atoms in total. The van der Waals surface area contributed by atoms with Crippen molar-refractivity contribution in [3.8, 4) is 0 Å². The lowest BCUT2D eigenvalue weighted by Crippen LogP contribution is -2.30. The van der Waals surface area contributed by atoms with Crippen LogP contribution in [0.2, 0.25) is 0 Å². The van der Waals surface area contributed by atoms with E-state index in [1.165, 1.54) is 5.56 Å². The number of benzene rings is 2. The first-order valence-corrected chi connectivity index (χ1v) is 7.69. The zero-order chi connectivity index (χ0) is 15.2. The molecule has 0 bridgehead atoms. The zero-order valence-electron chi connectivity index (χ0n) is 12.2. The SMILES string of the molecule is Cc1ccc(NC(=O)CNC(C)c2ccc(Br)cc2)cc1. The highest BCUT2D eigenvalue weighted by atomic mass is 79.9. The Hall–Kier alpha value is -1.65. The van der Waals surface area contributed by atoms with Crippen molar-refractivity contribution < 1.29 is 4.79 Å². The first-order chi connectivity index (χ1) is 10.0. The second-order valence-electron chi connectivity index (χ2n) is 5.07. The summed E-state index contributed by atoms with van der Waals surface area (Å²) in [7, 11) is 0. The van der Waals surface area contributed by atoms with Crippen molar-refractivity contribution in [3.63, 3.8) is 0 Å². The fourth-order valence-corrected chi connectivity index (χ4v) is 2.22. The highest BCUT2D eigenvalue weighted by molar-refractivity contribution is 9.10. The Morgan fingerprint density at radius 1 is 1.10 bits per heavy atom. The lowest BCUT2D eigenvalue weighted by atomic mass is 10.1. The smallest absolute Gasteiger partial charge is 0.238 e. The molecule has 4 heteroatoms. The maximum absolute atomic E-state index is 11.9. The number of hydrogen-bond donors (Lipinski definition) is 2. The van der Waals surface area contributed by atoms with E-state index in [9.17, 15) is 4.79 Å². The van der Waals surface area contributed by atoms with Crippen LogP contribution in [0.25, 0.3) is 0 Å². The molecular formula is C17H19BrN2O. The van der Waals surface area contributed by atoms with Gasteiger partial charge in [-0.3, -0.25) is 4.79 Å². The van der Waals surface area contributed by atoms with Gasteiger partial charge in [0.2, 0.25) is 5.91 Å². The third kappa shape index (κ3) is 4.99. The average Bonchev–Trinajstić information content (AvgIpc) is 2.48. The van der Waals surface area contributed by atoms with E-state index in [-0.39, 0.29) is 18.5 Å². The Kier molecular flexibility index (Phi) is 5.53. The Morgan fingerprint density at radius 3 is 2.33 bits per heavy atom. The van der Waals surface area contributed by atoms with E-state index >= 15 is 0 Å². The fourth-order valence-electron chi connectivity index (χ4n) is 1.96. The Balaban J connectivity index is 1.83. The van der Waals surface area contributed by atoms with Crippen LogP contribution in [-0.2, 0) is 4.79 Å². The number of aryl methyl sites for hydroxylation is 1. The summed E-state index contributed by atoms with van der Waals surface area (Å²) in [5.41, 5.74) is 3.15. The summed E-state index contributed by atoms with van der Waals surface area (Å²) in [6.07, 6.45) is 0. The quantitative estimate of drug-likeness (QED) is 0.857. The summed E-state index contributed by atoms with van der Waals surface area (Å²) < 4.78 is 1.05. The standard InChI is InChI=1S/C17H19BrN2O/c1-12-3-9-16(10-4-12)20-17(21)11-19-13(2)14-5-7-15(18)8-6-14/h3-10,13,19H,11H2,1-2H3,(H,20,21). The zero-order valence-corrected chi connectivity index (χ0v) is 13.8. The van der Waals surface area contributed by atoms with Crippen molar-refractivity contribution in [2.75, 3.05) is 11.9 Å². The molecule has 21 heavy (non-hydrogen) atoms. The molecule has 0 aliphatic rings. The summed E-state index contributed by atoms with van der Waals surface area (Å²) in [6.45, 7) is 4.35. The Labute approximate surface area is 133 Å². The normalized spacial score (nSPS) is 12.0. The van der Waals surface area contributed by atoms with Crippen LogP contribution in [0.15, 0.2) is 53.0 Å².